The first kappa shape index (κ1) is 14.0. The number of hydrogen-bond acceptors (Lipinski definition) is 3. The number of hydrogen-bond donors (Lipinski definition) is 2. The van der Waals surface area contributed by atoms with E-state index in [4.69, 9.17) is 5.11 Å². The third kappa shape index (κ3) is 2.76. The zero-order valence-electron chi connectivity index (χ0n) is 11.1. The number of amides is 1. The van der Waals surface area contributed by atoms with Gasteiger partial charge in [0.15, 0.2) is 0 Å². The largest absolute Gasteiger partial charge is 0.481 e. The Bertz CT molecular complexity index is 712. The van der Waals surface area contributed by atoms with Crippen LogP contribution in [0.1, 0.15) is 28.9 Å². The highest BCUT2D eigenvalue weighted by Crippen LogP contribution is 2.29. The van der Waals surface area contributed by atoms with Crippen LogP contribution in [-0.2, 0) is 4.79 Å². The summed E-state index contributed by atoms with van der Waals surface area (Å²) in [5.41, 5.74) is 0. The SMILES string of the molecule is O=C(N[C@H]1CC[C@@H](C(=O)O)C1)c1cc2c(F)cccc2s1. The molecule has 0 radical (unpaired) electrons. The molecule has 1 aliphatic rings. The van der Waals surface area contributed by atoms with E-state index in [0.29, 0.717) is 29.5 Å². The number of thiophene rings is 1. The van der Waals surface area contributed by atoms with Gasteiger partial charge in [-0.25, -0.2) is 4.39 Å². The molecule has 1 fully saturated rings. The lowest BCUT2D eigenvalue weighted by molar-refractivity contribution is -0.141. The Morgan fingerprint density at radius 3 is 2.81 bits per heavy atom. The van der Waals surface area contributed by atoms with Crippen LogP contribution < -0.4 is 5.32 Å². The van der Waals surface area contributed by atoms with Gasteiger partial charge in [0.05, 0.1) is 10.8 Å². The van der Waals surface area contributed by atoms with E-state index in [1.54, 1.807) is 18.2 Å². The third-order valence-corrected chi connectivity index (χ3v) is 4.95. The summed E-state index contributed by atoms with van der Waals surface area (Å²) in [6.45, 7) is 0. The summed E-state index contributed by atoms with van der Waals surface area (Å²) in [5.74, 6) is -1.79. The van der Waals surface area contributed by atoms with Gasteiger partial charge in [-0.3, -0.25) is 9.59 Å². The minimum absolute atomic E-state index is 0.117. The molecule has 3 rings (SSSR count). The Labute approximate surface area is 124 Å². The van der Waals surface area contributed by atoms with E-state index in [9.17, 15) is 14.0 Å². The molecule has 1 aromatic carbocycles. The van der Waals surface area contributed by atoms with Crippen LogP contribution in [-0.4, -0.2) is 23.0 Å². The number of aliphatic carboxylic acids is 1. The van der Waals surface area contributed by atoms with Crippen molar-refractivity contribution in [1.82, 2.24) is 5.32 Å². The molecule has 0 bridgehead atoms. The first-order valence-electron chi connectivity index (χ1n) is 6.76. The van der Waals surface area contributed by atoms with Gasteiger partial charge in [-0.1, -0.05) is 6.07 Å². The standard InChI is InChI=1S/C15H14FNO3S/c16-11-2-1-3-12-10(11)7-13(21-12)14(18)17-9-5-4-8(6-9)15(19)20/h1-3,7-9H,4-6H2,(H,17,18)(H,19,20)/t8-,9+/m1/s1. The molecule has 2 N–H and O–H groups in total. The predicted molar refractivity (Wildman–Crippen MR) is 78.0 cm³/mol. The van der Waals surface area contributed by atoms with Gasteiger partial charge in [-0.2, -0.15) is 0 Å². The number of fused-ring (bicyclic) bond motifs is 1. The molecule has 0 saturated heterocycles. The van der Waals surface area contributed by atoms with Gasteiger partial charge >= 0.3 is 5.97 Å². The zero-order valence-corrected chi connectivity index (χ0v) is 12.0. The predicted octanol–water partition coefficient (Wildman–Crippen LogP) is 3.02. The fourth-order valence-corrected chi connectivity index (χ4v) is 3.71. The van der Waals surface area contributed by atoms with Crippen molar-refractivity contribution in [3.8, 4) is 0 Å². The van der Waals surface area contributed by atoms with E-state index in [2.05, 4.69) is 5.32 Å². The maximum absolute atomic E-state index is 13.6. The molecular formula is C15H14FNO3S. The summed E-state index contributed by atoms with van der Waals surface area (Å²) in [4.78, 5) is 23.5. The molecule has 2 atom stereocenters. The summed E-state index contributed by atoms with van der Waals surface area (Å²) < 4.78 is 14.3. The number of carbonyl (C=O) groups is 2. The van der Waals surface area contributed by atoms with Crippen molar-refractivity contribution >= 4 is 33.3 Å². The lowest BCUT2D eigenvalue weighted by Crippen LogP contribution is -2.32. The number of carboxylic acid groups (broad SMARTS) is 1. The van der Waals surface area contributed by atoms with Gasteiger partial charge < -0.3 is 10.4 Å². The molecule has 1 heterocycles. The molecule has 6 heteroatoms. The lowest BCUT2D eigenvalue weighted by Gasteiger charge is -2.11. The van der Waals surface area contributed by atoms with Crippen molar-refractivity contribution in [2.45, 2.75) is 25.3 Å². The average Bonchev–Trinajstić information content (AvgIpc) is 3.05. The van der Waals surface area contributed by atoms with Crippen LogP contribution in [0.15, 0.2) is 24.3 Å². The molecule has 110 valence electrons. The van der Waals surface area contributed by atoms with Crippen molar-refractivity contribution in [2.75, 3.05) is 0 Å². The molecule has 4 nitrogen and oxygen atoms in total. The van der Waals surface area contributed by atoms with E-state index in [0.717, 1.165) is 4.70 Å². The number of halogens is 1. The maximum Gasteiger partial charge on any atom is 0.306 e. The summed E-state index contributed by atoms with van der Waals surface area (Å²) in [6, 6.07) is 6.19. The van der Waals surface area contributed by atoms with Crippen LogP contribution in [0.2, 0.25) is 0 Å². The van der Waals surface area contributed by atoms with Crippen LogP contribution in [0.4, 0.5) is 4.39 Å². The van der Waals surface area contributed by atoms with Crippen LogP contribution in [0, 0.1) is 11.7 Å². The fraction of sp³-hybridized carbons (Fsp3) is 0.333. The smallest absolute Gasteiger partial charge is 0.306 e. The molecule has 1 amide bonds. The summed E-state index contributed by atoms with van der Waals surface area (Å²) >= 11 is 1.24. The van der Waals surface area contributed by atoms with E-state index in [1.165, 1.54) is 17.4 Å². The Morgan fingerprint density at radius 1 is 1.33 bits per heavy atom. The molecule has 21 heavy (non-hydrogen) atoms. The molecule has 1 saturated carbocycles. The molecule has 0 unspecified atom stereocenters. The number of nitrogens with one attached hydrogen (secondary N) is 1. The second-order valence-electron chi connectivity index (χ2n) is 5.28. The molecular weight excluding hydrogens is 293 g/mol. The van der Waals surface area contributed by atoms with Crippen LogP contribution >= 0.6 is 11.3 Å². The third-order valence-electron chi connectivity index (χ3n) is 3.85. The monoisotopic (exact) mass is 307 g/mol. The van der Waals surface area contributed by atoms with Crippen LogP contribution in [0.25, 0.3) is 10.1 Å². The number of carbonyl (C=O) groups excluding carboxylic acids is 1. The molecule has 1 aromatic heterocycles. The van der Waals surface area contributed by atoms with Crippen LogP contribution in [0.5, 0.6) is 0 Å². The van der Waals surface area contributed by atoms with Gasteiger partial charge in [0.25, 0.3) is 5.91 Å². The number of benzene rings is 1. The molecule has 1 aliphatic carbocycles. The minimum Gasteiger partial charge on any atom is -0.481 e. The van der Waals surface area contributed by atoms with Crippen molar-refractivity contribution < 1.29 is 19.1 Å². The second kappa shape index (κ2) is 5.44. The average molecular weight is 307 g/mol. The maximum atomic E-state index is 13.6. The van der Waals surface area contributed by atoms with Gasteiger partial charge in [-0.15, -0.1) is 11.3 Å². The summed E-state index contributed by atoms with van der Waals surface area (Å²) in [5, 5.41) is 12.2. The fourth-order valence-electron chi connectivity index (χ4n) is 2.73. The topological polar surface area (TPSA) is 66.4 Å². The highest BCUT2D eigenvalue weighted by atomic mass is 32.1. The Hall–Kier alpha value is -1.95. The van der Waals surface area contributed by atoms with Gasteiger partial charge in [0.2, 0.25) is 0 Å². The van der Waals surface area contributed by atoms with Crippen molar-refractivity contribution in [3.05, 3.63) is 35.0 Å². The van der Waals surface area contributed by atoms with Crippen molar-refractivity contribution in [2.24, 2.45) is 5.92 Å². The second-order valence-corrected chi connectivity index (χ2v) is 6.36. The van der Waals surface area contributed by atoms with E-state index < -0.39 is 5.97 Å². The Morgan fingerprint density at radius 2 is 2.14 bits per heavy atom. The highest BCUT2D eigenvalue weighted by Gasteiger charge is 2.30. The van der Waals surface area contributed by atoms with Gasteiger partial charge in [0.1, 0.15) is 5.82 Å². The minimum atomic E-state index is -0.810. The van der Waals surface area contributed by atoms with E-state index in [-0.39, 0.29) is 23.7 Å². The first-order chi connectivity index (χ1) is 10.0. The van der Waals surface area contributed by atoms with Crippen molar-refractivity contribution in [1.29, 1.82) is 0 Å². The quantitative estimate of drug-likeness (QED) is 0.916. The Kier molecular flexibility index (Phi) is 3.63. The Balaban J connectivity index is 1.73. The first-order valence-corrected chi connectivity index (χ1v) is 7.58. The highest BCUT2D eigenvalue weighted by molar-refractivity contribution is 7.20. The number of carboxylic acids is 1. The molecule has 0 aliphatic heterocycles. The van der Waals surface area contributed by atoms with Gasteiger partial charge in [0, 0.05) is 16.1 Å². The molecule has 0 spiro atoms. The summed E-state index contributed by atoms with van der Waals surface area (Å²) in [7, 11) is 0. The number of rotatable bonds is 3. The zero-order chi connectivity index (χ0) is 15.0. The summed E-state index contributed by atoms with van der Waals surface area (Å²) in [6.07, 6.45) is 1.71. The van der Waals surface area contributed by atoms with Crippen LogP contribution in [0.3, 0.4) is 0 Å². The van der Waals surface area contributed by atoms with E-state index >= 15 is 0 Å². The lowest BCUT2D eigenvalue weighted by atomic mass is 10.1. The van der Waals surface area contributed by atoms with E-state index in [1.807, 2.05) is 0 Å². The van der Waals surface area contributed by atoms with Crippen molar-refractivity contribution in [3.63, 3.8) is 0 Å². The normalized spacial score (nSPS) is 21.6. The van der Waals surface area contributed by atoms with Gasteiger partial charge in [-0.05, 0) is 37.5 Å². The molecule has 2 aromatic rings.